The predicted octanol–water partition coefficient (Wildman–Crippen LogP) is 4.25. The molecule has 1 radical (unpaired) electrons. The average molecular weight is 289 g/mol. The van der Waals surface area contributed by atoms with Crippen LogP contribution in [0.3, 0.4) is 0 Å². The summed E-state index contributed by atoms with van der Waals surface area (Å²) in [6, 6.07) is 19.7. The van der Waals surface area contributed by atoms with Gasteiger partial charge in [-0.05, 0) is 0 Å². The second-order valence-electron chi connectivity index (χ2n) is 3.55. The zero-order chi connectivity index (χ0) is 12.9. The predicted molar refractivity (Wildman–Crippen MR) is 80.7 cm³/mol. The first-order valence-electron chi connectivity index (χ1n) is 5.68. The van der Waals surface area contributed by atoms with Crippen LogP contribution in [-0.2, 0) is 21.7 Å². The van der Waals surface area contributed by atoms with Crippen molar-refractivity contribution >= 4 is 9.52 Å². The summed E-state index contributed by atoms with van der Waals surface area (Å²) in [5.41, 5.74) is 2.14. The normalized spacial score (nSPS) is 7.67. The van der Waals surface area contributed by atoms with Crippen molar-refractivity contribution in [1.82, 2.24) is 0 Å². The van der Waals surface area contributed by atoms with Crippen LogP contribution in [0.25, 0.3) is 0 Å². The van der Waals surface area contributed by atoms with Crippen molar-refractivity contribution < 1.29 is 21.7 Å². The van der Waals surface area contributed by atoms with E-state index in [-0.39, 0.29) is 21.7 Å². The van der Waals surface area contributed by atoms with Crippen LogP contribution in [0, 0.1) is 13.8 Å². The van der Waals surface area contributed by atoms with Gasteiger partial charge in [0, 0.05) is 9.52 Å². The summed E-state index contributed by atoms with van der Waals surface area (Å²) in [5.74, 6) is 0. The smallest absolute Gasteiger partial charge is 0.199 e. The van der Waals surface area contributed by atoms with E-state index in [1.807, 2.05) is 60.7 Å². The molecule has 0 atom stereocenters. The largest absolute Gasteiger partial charge is 2.00 e. The molecule has 0 saturated carbocycles. The Kier molecular flexibility index (Phi) is 15.3. The summed E-state index contributed by atoms with van der Waals surface area (Å²) in [6.07, 6.45) is 0. The van der Waals surface area contributed by atoms with Crippen LogP contribution in [0.1, 0.15) is 11.1 Å². The molecule has 0 amide bonds. The summed E-state index contributed by atoms with van der Waals surface area (Å²) in [6.45, 7) is 11.9. The molecule has 2 aromatic carbocycles. The van der Waals surface area contributed by atoms with Gasteiger partial charge in [0.25, 0.3) is 0 Å². The van der Waals surface area contributed by atoms with E-state index in [9.17, 15) is 0 Å². The SMILES string of the molecule is C[SiH]C.[CH2-]c1ccccc1.[CH2-]c1ccccc1.[Ti+2]. The average Bonchev–Trinajstić information content (AvgIpc) is 2.33. The Hall–Kier alpha value is -0.889. The maximum absolute atomic E-state index is 3.72. The van der Waals surface area contributed by atoms with E-state index >= 15 is 0 Å². The second kappa shape index (κ2) is 14.2. The molecule has 0 aliphatic heterocycles. The maximum atomic E-state index is 3.72. The van der Waals surface area contributed by atoms with Crippen LogP contribution in [0.2, 0.25) is 13.1 Å². The third kappa shape index (κ3) is 13.2. The Morgan fingerprint density at radius 3 is 1.00 bits per heavy atom. The summed E-state index contributed by atoms with van der Waals surface area (Å²) in [7, 11) is 0.750. The van der Waals surface area contributed by atoms with Gasteiger partial charge in [0.05, 0.1) is 0 Å². The molecular weight excluding hydrogens is 268 g/mol. The van der Waals surface area contributed by atoms with Crippen molar-refractivity contribution in [2.24, 2.45) is 0 Å². The Balaban J connectivity index is 0. The van der Waals surface area contributed by atoms with Crippen molar-refractivity contribution in [2.75, 3.05) is 0 Å². The van der Waals surface area contributed by atoms with Crippen molar-refractivity contribution in [1.29, 1.82) is 0 Å². The number of benzene rings is 2. The van der Waals surface area contributed by atoms with Crippen molar-refractivity contribution in [3.8, 4) is 0 Å². The molecule has 0 bridgehead atoms. The summed E-state index contributed by atoms with van der Waals surface area (Å²) in [4.78, 5) is 0. The van der Waals surface area contributed by atoms with Gasteiger partial charge in [-0.2, -0.15) is 49.2 Å². The van der Waals surface area contributed by atoms with E-state index < -0.39 is 0 Å². The first kappa shape index (κ1) is 19.5. The molecule has 0 unspecified atom stereocenters. The monoisotopic (exact) mass is 289 g/mol. The van der Waals surface area contributed by atoms with E-state index in [1.165, 1.54) is 0 Å². The third-order valence-corrected chi connectivity index (χ3v) is 1.69. The summed E-state index contributed by atoms with van der Waals surface area (Å²) >= 11 is 0. The molecule has 2 rings (SSSR count). The topological polar surface area (TPSA) is 0 Å². The number of hydrogen-bond acceptors (Lipinski definition) is 0. The van der Waals surface area contributed by atoms with Gasteiger partial charge in [-0.15, -0.1) is 24.3 Å². The van der Waals surface area contributed by atoms with Crippen LogP contribution < -0.4 is 0 Å². The molecule has 0 nitrogen and oxygen atoms in total. The fraction of sp³-hybridized carbons (Fsp3) is 0.125. The quantitative estimate of drug-likeness (QED) is 0.502. The molecule has 0 saturated heterocycles. The molecule has 0 heterocycles. The summed E-state index contributed by atoms with van der Waals surface area (Å²) in [5, 5.41) is 0. The molecule has 2 heteroatoms. The van der Waals surface area contributed by atoms with Gasteiger partial charge in [-0.25, -0.2) is 0 Å². The molecule has 0 aromatic heterocycles. The molecule has 0 N–H and O–H groups in total. The Labute approximate surface area is 130 Å². The van der Waals surface area contributed by atoms with Gasteiger partial charge in [0.1, 0.15) is 0 Å². The van der Waals surface area contributed by atoms with Gasteiger partial charge >= 0.3 is 21.7 Å². The first-order valence-corrected chi connectivity index (χ1v) is 7.99. The molecule has 93 valence electrons. The molecule has 0 fully saturated rings. The van der Waals surface area contributed by atoms with Gasteiger partial charge < -0.3 is 0 Å². The second-order valence-corrected chi connectivity index (χ2v) is 4.70. The minimum atomic E-state index is 0. The zero-order valence-electron chi connectivity index (χ0n) is 11.3. The van der Waals surface area contributed by atoms with Gasteiger partial charge in [0.2, 0.25) is 0 Å². The van der Waals surface area contributed by atoms with Crippen LogP contribution >= 0.6 is 0 Å². The van der Waals surface area contributed by atoms with E-state index in [0.29, 0.717) is 0 Å². The fourth-order valence-electron chi connectivity index (χ4n) is 0.956. The third-order valence-electron chi connectivity index (χ3n) is 1.69. The van der Waals surface area contributed by atoms with Crippen molar-refractivity contribution in [3.63, 3.8) is 0 Å². The Morgan fingerprint density at radius 1 is 0.667 bits per heavy atom. The molecule has 18 heavy (non-hydrogen) atoms. The number of hydrogen-bond donors (Lipinski definition) is 0. The van der Waals surface area contributed by atoms with Crippen LogP contribution in [0.15, 0.2) is 60.7 Å². The van der Waals surface area contributed by atoms with E-state index in [4.69, 9.17) is 0 Å². The number of rotatable bonds is 0. The van der Waals surface area contributed by atoms with Gasteiger partial charge in [0.15, 0.2) is 0 Å². The molecule has 2 aromatic rings. The molecule has 0 aliphatic rings. The summed E-state index contributed by atoms with van der Waals surface area (Å²) < 4.78 is 0. The Bertz CT molecular complexity index is 322. The maximum Gasteiger partial charge on any atom is 2.00 e. The molecular formula is C16H21SiTi. The van der Waals surface area contributed by atoms with E-state index in [0.717, 1.165) is 20.6 Å². The fourth-order valence-corrected chi connectivity index (χ4v) is 0.956. The Morgan fingerprint density at radius 2 is 0.889 bits per heavy atom. The minimum Gasteiger partial charge on any atom is -0.199 e. The molecule has 0 spiro atoms. The van der Waals surface area contributed by atoms with Gasteiger partial charge in [-0.3, -0.25) is 0 Å². The standard InChI is InChI=1S/2C7H7.C2H7Si.Ti/c2*1-7-5-3-2-4-6-7;1-3-2;/h2*2-6H,1H2;3H,1-2H3;/q2*-1;;+2. The van der Waals surface area contributed by atoms with Crippen LogP contribution in [0.4, 0.5) is 0 Å². The zero-order valence-corrected chi connectivity index (χ0v) is 14.0. The molecule has 0 aliphatic carbocycles. The van der Waals surface area contributed by atoms with Gasteiger partial charge in [-0.1, -0.05) is 25.2 Å². The van der Waals surface area contributed by atoms with Crippen molar-refractivity contribution in [2.45, 2.75) is 13.1 Å². The van der Waals surface area contributed by atoms with E-state index in [2.05, 4.69) is 26.9 Å². The van der Waals surface area contributed by atoms with Crippen molar-refractivity contribution in [3.05, 3.63) is 85.6 Å². The van der Waals surface area contributed by atoms with Crippen LogP contribution in [-0.4, -0.2) is 9.52 Å². The van der Waals surface area contributed by atoms with Crippen LogP contribution in [0.5, 0.6) is 0 Å². The van der Waals surface area contributed by atoms with E-state index in [1.54, 1.807) is 0 Å². The minimum absolute atomic E-state index is 0. The first-order chi connectivity index (χ1) is 8.20.